The Morgan fingerprint density at radius 1 is 1.44 bits per heavy atom. The molecular weight excluding hydrogens is 235 g/mol. The molecule has 0 amide bonds. The van der Waals surface area contributed by atoms with Crippen molar-refractivity contribution in [1.82, 2.24) is 4.57 Å². The molecule has 2 aromatic rings. The molecule has 1 N–H and O–H groups in total. The monoisotopic (exact) mass is 244 g/mol. The molecule has 1 aromatic heterocycles. The van der Waals surface area contributed by atoms with Gasteiger partial charge in [0.25, 0.3) is 0 Å². The number of nitrogens with zero attached hydrogens (tertiary/aromatic N) is 2. The smallest absolute Gasteiger partial charge is 0.352 e. The molecule has 0 fully saturated rings. The van der Waals surface area contributed by atoms with E-state index in [0.29, 0.717) is 5.56 Å². The van der Waals surface area contributed by atoms with Crippen LogP contribution >= 0.6 is 0 Å². The molecule has 4 nitrogen and oxygen atoms in total. The second kappa shape index (κ2) is 4.72. The summed E-state index contributed by atoms with van der Waals surface area (Å²) in [5, 5.41) is 17.7. The van der Waals surface area contributed by atoms with Gasteiger partial charge in [0.2, 0.25) is 0 Å². The van der Waals surface area contributed by atoms with Gasteiger partial charge in [0.15, 0.2) is 0 Å². The molecule has 5 heteroatoms. The van der Waals surface area contributed by atoms with Gasteiger partial charge in [0.1, 0.15) is 11.5 Å². The van der Waals surface area contributed by atoms with Crippen molar-refractivity contribution in [2.75, 3.05) is 0 Å². The van der Waals surface area contributed by atoms with Crippen molar-refractivity contribution in [3.63, 3.8) is 0 Å². The average molecular weight is 244 g/mol. The molecule has 0 atom stereocenters. The molecule has 1 aromatic carbocycles. The summed E-state index contributed by atoms with van der Waals surface area (Å²) >= 11 is 0. The summed E-state index contributed by atoms with van der Waals surface area (Å²) in [5.41, 5.74) is 0.708. The second-order valence-electron chi connectivity index (χ2n) is 3.74. The Hall–Kier alpha value is -2.61. The largest absolute Gasteiger partial charge is 0.477 e. The number of aromatic nitrogens is 1. The Balaban J connectivity index is 2.37. The fourth-order valence-electron chi connectivity index (χ4n) is 1.70. The standard InChI is InChI=1S/C13H9FN2O2/c14-11-4-3-9(7-15)6-10(11)8-16-5-1-2-12(16)13(17)18/h1-6H,8H2,(H,17,18). The molecule has 1 heterocycles. The van der Waals surface area contributed by atoms with Gasteiger partial charge in [-0.05, 0) is 30.3 Å². The van der Waals surface area contributed by atoms with Gasteiger partial charge in [-0.15, -0.1) is 0 Å². The van der Waals surface area contributed by atoms with Crippen molar-refractivity contribution in [1.29, 1.82) is 5.26 Å². The van der Waals surface area contributed by atoms with Gasteiger partial charge in [-0.25, -0.2) is 9.18 Å². The first kappa shape index (κ1) is 11.9. The van der Waals surface area contributed by atoms with Crippen LogP contribution in [0.25, 0.3) is 0 Å². The topological polar surface area (TPSA) is 66.0 Å². The maximum absolute atomic E-state index is 13.6. The van der Waals surface area contributed by atoms with E-state index in [0.717, 1.165) is 0 Å². The van der Waals surface area contributed by atoms with E-state index >= 15 is 0 Å². The Kier molecular flexibility index (Phi) is 3.11. The van der Waals surface area contributed by atoms with E-state index in [1.807, 2.05) is 6.07 Å². The third-order valence-electron chi connectivity index (χ3n) is 2.56. The summed E-state index contributed by atoms with van der Waals surface area (Å²) in [6.45, 7) is 0.0794. The van der Waals surface area contributed by atoms with Crippen LogP contribution in [0.5, 0.6) is 0 Å². The van der Waals surface area contributed by atoms with Crippen LogP contribution < -0.4 is 0 Å². The van der Waals surface area contributed by atoms with Gasteiger partial charge in [-0.2, -0.15) is 5.26 Å². The molecule has 0 saturated carbocycles. The molecule has 0 saturated heterocycles. The summed E-state index contributed by atoms with van der Waals surface area (Å²) in [5.74, 6) is -1.53. The number of carbonyl (C=O) groups is 1. The van der Waals surface area contributed by atoms with E-state index in [-0.39, 0.29) is 17.8 Å². The molecule has 18 heavy (non-hydrogen) atoms. The van der Waals surface area contributed by atoms with E-state index < -0.39 is 11.8 Å². The van der Waals surface area contributed by atoms with E-state index in [1.54, 1.807) is 12.3 Å². The lowest BCUT2D eigenvalue weighted by molar-refractivity contribution is 0.0685. The van der Waals surface area contributed by atoms with Crippen molar-refractivity contribution in [3.05, 3.63) is 59.2 Å². The first-order chi connectivity index (χ1) is 8.61. The van der Waals surface area contributed by atoms with Gasteiger partial charge in [-0.3, -0.25) is 0 Å². The fourth-order valence-corrected chi connectivity index (χ4v) is 1.70. The number of rotatable bonds is 3. The minimum Gasteiger partial charge on any atom is -0.477 e. The lowest BCUT2D eigenvalue weighted by Crippen LogP contribution is -2.09. The van der Waals surface area contributed by atoms with Crippen LogP contribution in [0.4, 0.5) is 4.39 Å². The molecule has 0 aliphatic rings. The number of aromatic carboxylic acids is 1. The third-order valence-corrected chi connectivity index (χ3v) is 2.56. The number of nitriles is 1. The predicted molar refractivity (Wildman–Crippen MR) is 61.6 cm³/mol. The first-order valence-corrected chi connectivity index (χ1v) is 5.19. The highest BCUT2D eigenvalue weighted by molar-refractivity contribution is 5.85. The van der Waals surface area contributed by atoms with Gasteiger partial charge in [0, 0.05) is 11.8 Å². The number of hydrogen-bond donors (Lipinski definition) is 1. The lowest BCUT2D eigenvalue weighted by atomic mass is 10.1. The second-order valence-corrected chi connectivity index (χ2v) is 3.74. The quantitative estimate of drug-likeness (QED) is 0.900. The normalized spacial score (nSPS) is 10.0. The summed E-state index contributed by atoms with van der Waals surface area (Å²) in [6, 6.07) is 8.94. The average Bonchev–Trinajstić information content (AvgIpc) is 2.80. The number of carboxylic acid groups (broad SMARTS) is 1. The minimum atomic E-state index is -1.07. The van der Waals surface area contributed by atoms with Crippen molar-refractivity contribution in [2.24, 2.45) is 0 Å². The molecule has 0 unspecified atom stereocenters. The van der Waals surface area contributed by atoms with Crippen LogP contribution in [0.1, 0.15) is 21.6 Å². The molecular formula is C13H9FN2O2. The minimum absolute atomic E-state index is 0.0794. The lowest BCUT2D eigenvalue weighted by Gasteiger charge is -2.07. The molecule has 0 bridgehead atoms. The zero-order chi connectivity index (χ0) is 13.1. The van der Waals surface area contributed by atoms with E-state index in [2.05, 4.69) is 0 Å². The van der Waals surface area contributed by atoms with Crippen LogP contribution in [0.2, 0.25) is 0 Å². The molecule has 0 spiro atoms. The third kappa shape index (κ3) is 2.23. The Morgan fingerprint density at radius 2 is 2.22 bits per heavy atom. The van der Waals surface area contributed by atoms with Crippen LogP contribution in [-0.2, 0) is 6.54 Å². The zero-order valence-corrected chi connectivity index (χ0v) is 9.30. The van der Waals surface area contributed by atoms with Crippen molar-refractivity contribution in [2.45, 2.75) is 6.54 Å². The summed E-state index contributed by atoms with van der Waals surface area (Å²) in [4.78, 5) is 10.9. The summed E-state index contributed by atoms with van der Waals surface area (Å²) in [6.07, 6.45) is 1.56. The van der Waals surface area contributed by atoms with Crippen molar-refractivity contribution in [3.8, 4) is 6.07 Å². The fraction of sp³-hybridized carbons (Fsp3) is 0.0769. The van der Waals surface area contributed by atoms with Crippen LogP contribution in [0.3, 0.4) is 0 Å². The molecule has 0 aliphatic heterocycles. The summed E-state index contributed by atoms with van der Waals surface area (Å²) < 4.78 is 15.0. The van der Waals surface area contributed by atoms with Crippen LogP contribution in [0.15, 0.2) is 36.5 Å². The number of carboxylic acids is 1. The van der Waals surface area contributed by atoms with Gasteiger partial charge < -0.3 is 9.67 Å². The van der Waals surface area contributed by atoms with E-state index in [1.165, 1.54) is 28.8 Å². The van der Waals surface area contributed by atoms with Gasteiger partial charge in [-0.1, -0.05) is 0 Å². The maximum atomic E-state index is 13.6. The highest BCUT2D eigenvalue weighted by Crippen LogP contribution is 2.13. The van der Waals surface area contributed by atoms with Crippen molar-refractivity contribution >= 4 is 5.97 Å². The van der Waals surface area contributed by atoms with Crippen LogP contribution in [0, 0.1) is 17.1 Å². The number of hydrogen-bond acceptors (Lipinski definition) is 2. The van der Waals surface area contributed by atoms with Crippen LogP contribution in [-0.4, -0.2) is 15.6 Å². The number of halogens is 1. The Morgan fingerprint density at radius 3 is 2.89 bits per heavy atom. The highest BCUT2D eigenvalue weighted by atomic mass is 19.1. The maximum Gasteiger partial charge on any atom is 0.352 e. The van der Waals surface area contributed by atoms with Crippen molar-refractivity contribution < 1.29 is 14.3 Å². The van der Waals surface area contributed by atoms with E-state index in [9.17, 15) is 9.18 Å². The SMILES string of the molecule is N#Cc1ccc(F)c(Cn2cccc2C(=O)O)c1. The Labute approximate surface area is 103 Å². The predicted octanol–water partition coefficient (Wildman–Crippen LogP) is 2.25. The molecule has 2 rings (SSSR count). The molecule has 90 valence electrons. The zero-order valence-electron chi connectivity index (χ0n) is 9.30. The van der Waals surface area contributed by atoms with Gasteiger partial charge >= 0.3 is 5.97 Å². The molecule has 0 radical (unpaired) electrons. The molecule has 0 aliphatic carbocycles. The Bertz CT molecular complexity index is 641. The highest BCUT2D eigenvalue weighted by Gasteiger charge is 2.11. The number of benzene rings is 1. The van der Waals surface area contributed by atoms with E-state index in [4.69, 9.17) is 10.4 Å². The van der Waals surface area contributed by atoms with Gasteiger partial charge in [0.05, 0.1) is 18.2 Å². The first-order valence-electron chi connectivity index (χ1n) is 5.19. The summed E-state index contributed by atoms with van der Waals surface area (Å²) in [7, 11) is 0.